The molecule has 5 aliphatic rings. The van der Waals surface area contributed by atoms with Gasteiger partial charge in [-0.3, -0.25) is 9.59 Å². The van der Waals surface area contributed by atoms with Crippen molar-refractivity contribution < 1.29 is 24.2 Å². The Bertz CT molecular complexity index is 780. The van der Waals surface area contributed by atoms with Crippen LogP contribution in [0.1, 0.15) is 51.9 Å². The van der Waals surface area contributed by atoms with Gasteiger partial charge in [-0.25, -0.2) is 0 Å². The monoisotopic (exact) mass is 403 g/mol. The SMILES string of the molecule is CC[C@@]1(O)CC[C@@]2(CO1)[C@@H]1CC(=O)C3=C4[C@H](CC3)[C@H](C(=O)OC)C[C@@]42CN(C)C1. The number of nitrogens with zero attached hydrogens (tertiary/aromatic N) is 1. The van der Waals surface area contributed by atoms with Crippen LogP contribution in [-0.4, -0.2) is 61.4 Å². The zero-order valence-corrected chi connectivity index (χ0v) is 17.8. The first-order valence-electron chi connectivity index (χ1n) is 11.2. The number of likely N-dealkylation sites (tertiary alicyclic amines) is 1. The molecule has 29 heavy (non-hydrogen) atoms. The Morgan fingerprint density at radius 2 is 2.17 bits per heavy atom. The van der Waals surface area contributed by atoms with Crippen molar-refractivity contribution in [1.29, 1.82) is 0 Å². The molecule has 1 N–H and O–H groups in total. The summed E-state index contributed by atoms with van der Waals surface area (Å²) in [6, 6.07) is 0. The topological polar surface area (TPSA) is 76.1 Å². The number of carbonyl (C=O) groups is 2. The number of allylic oxidation sites excluding steroid dienone is 1. The molecular weight excluding hydrogens is 370 g/mol. The van der Waals surface area contributed by atoms with Gasteiger partial charge in [0.1, 0.15) is 0 Å². The normalized spacial score (nSPS) is 46.8. The maximum absolute atomic E-state index is 13.3. The molecule has 2 aliphatic heterocycles. The lowest BCUT2D eigenvalue weighted by Gasteiger charge is -2.61. The minimum Gasteiger partial charge on any atom is -0.469 e. The molecule has 0 amide bonds. The maximum atomic E-state index is 13.3. The maximum Gasteiger partial charge on any atom is 0.309 e. The minimum absolute atomic E-state index is 0.121. The summed E-state index contributed by atoms with van der Waals surface area (Å²) in [5, 5.41) is 10.8. The van der Waals surface area contributed by atoms with Crippen LogP contribution in [0.4, 0.5) is 0 Å². The second-order valence-electron chi connectivity index (χ2n) is 10.2. The highest BCUT2D eigenvalue weighted by atomic mass is 16.6. The molecule has 5 rings (SSSR count). The summed E-state index contributed by atoms with van der Waals surface area (Å²) in [5.74, 6) is -0.778. The van der Waals surface area contributed by atoms with E-state index in [1.807, 2.05) is 6.92 Å². The summed E-state index contributed by atoms with van der Waals surface area (Å²) < 4.78 is 11.4. The van der Waals surface area contributed by atoms with Crippen LogP contribution in [-0.2, 0) is 19.1 Å². The number of Topliss-reactive ketones (excluding diaryl/α,β-unsaturated/α-hetero) is 1. The van der Waals surface area contributed by atoms with Crippen molar-refractivity contribution in [3.05, 3.63) is 11.1 Å². The fraction of sp³-hybridized carbons (Fsp3) is 0.826. The molecule has 2 bridgehead atoms. The molecule has 0 unspecified atom stereocenters. The standard InChI is InChI=1S/C23H33NO5/c1-4-23(27)8-7-21(13-29-23)14-9-18(25)16-6-5-15-17(20(26)28-3)10-22(21,19(15)16)12-24(2)11-14/h14-15,17,27H,4-13H2,1-3H3/t14-,15-,17-,21-,22-,23+/m1/s1. The molecule has 0 radical (unpaired) electrons. The fourth-order valence-electron chi connectivity index (χ4n) is 7.82. The molecule has 0 aromatic heterocycles. The number of ether oxygens (including phenoxy) is 2. The van der Waals surface area contributed by atoms with Gasteiger partial charge in [0.05, 0.1) is 19.6 Å². The molecule has 160 valence electrons. The highest BCUT2D eigenvalue weighted by Crippen LogP contribution is 2.71. The third kappa shape index (κ3) is 2.45. The van der Waals surface area contributed by atoms with E-state index < -0.39 is 5.79 Å². The summed E-state index contributed by atoms with van der Waals surface area (Å²) in [5.41, 5.74) is 1.84. The largest absolute Gasteiger partial charge is 0.469 e. The van der Waals surface area contributed by atoms with Crippen LogP contribution in [0.2, 0.25) is 0 Å². The van der Waals surface area contributed by atoms with E-state index in [2.05, 4.69) is 11.9 Å². The Labute approximate surface area is 172 Å². The van der Waals surface area contributed by atoms with Crippen LogP contribution in [0, 0.1) is 28.6 Å². The number of piperidine rings is 1. The average Bonchev–Trinajstić information content (AvgIpc) is 3.26. The van der Waals surface area contributed by atoms with E-state index in [0.29, 0.717) is 25.9 Å². The number of esters is 1. The number of aliphatic hydroxyl groups is 1. The van der Waals surface area contributed by atoms with E-state index in [1.54, 1.807) is 0 Å². The van der Waals surface area contributed by atoms with E-state index in [9.17, 15) is 14.7 Å². The van der Waals surface area contributed by atoms with Crippen LogP contribution in [0.5, 0.6) is 0 Å². The first-order chi connectivity index (χ1) is 13.8. The Morgan fingerprint density at radius 1 is 1.38 bits per heavy atom. The van der Waals surface area contributed by atoms with Crippen molar-refractivity contribution in [3.63, 3.8) is 0 Å². The van der Waals surface area contributed by atoms with Gasteiger partial charge in [-0.15, -0.1) is 0 Å². The molecule has 1 saturated carbocycles. The van der Waals surface area contributed by atoms with E-state index >= 15 is 0 Å². The third-order valence-electron chi connectivity index (χ3n) is 9.16. The summed E-state index contributed by atoms with van der Waals surface area (Å²) in [6.07, 6.45) is 4.99. The lowest BCUT2D eigenvalue weighted by atomic mass is 9.50. The van der Waals surface area contributed by atoms with E-state index in [-0.39, 0.29) is 40.3 Å². The lowest BCUT2D eigenvalue weighted by Crippen LogP contribution is -2.64. The second-order valence-corrected chi connectivity index (χ2v) is 10.2. The van der Waals surface area contributed by atoms with Crippen LogP contribution >= 0.6 is 0 Å². The predicted molar refractivity (Wildman–Crippen MR) is 106 cm³/mol. The van der Waals surface area contributed by atoms with Gasteiger partial charge in [0.15, 0.2) is 11.6 Å². The molecule has 2 saturated heterocycles. The number of rotatable bonds is 2. The molecule has 2 spiro atoms. The summed E-state index contributed by atoms with van der Waals surface area (Å²) in [7, 11) is 3.61. The number of carbonyl (C=O) groups excluding carboxylic acids is 2. The number of ketones is 1. The Hall–Kier alpha value is -1.24. The van der Waals surface area contributed by atoms with Gasteiger partial charge in [-0.1, -0.05) is 12.5 Å². The highest BCUT2D eigenvalue weighted by molar-refractivity contribution is 5.98. The summed E-state index contributed by atoms with van der Waals surface area (Å²) >= 11 is 0. The van der Waals surface area contributed by atoms with Crippen molar-refractivity contribution in [3.8, 4) is 0 Å². The molecule has 3 fully saturated rings. The van der Waals surface area contributed by atoms with Crippen molar-refractivity contribution in [1.82, 2.24) is 4.90 Å². The van der Waals surface area contributed by atoms with Gasteiger partial charge >= 0.3 is 5.97 Å². The van der Waals surface area contributed by atoms with Crippen molar-refractivity contribution in [2.24, 2.45) is 28.6 Å². The van der Waals surface area contributed by atoms with Gasteiger partial charge in [0, 0.05) is 36.8 Å². The zero-order valence-electron chi connectivity index (χ0n) is 17.8. The second kappa shape index (κ2) is 6.38. The quantitative estimate of drug-likeness (QED) is 0.713. The van der Waals surface area contributed by atoms with Crippen LogP contribution in [0.3, 0.4) is 0 Å². The van der Waals surface area contributed by atoms with E-state index in [0.717, 1.165) is 44.3 Å². The van der Waals surface area contributed by atoms with Crippen molar-refractivity contribution in [2.75, 3.05) is 33.9 Å². The smallest absolute Gasteiger partial charge is 0.309 e. The Kier molecular flexibility index (Phi) is 4.34. The Balaban J connectivity index is 1.68. The molecule has 3 aliphatic carbocycles. The van der Waals surface area contributed by atoms with Gasteiger partial charge in [0.25, 0.3) is 0 Å². The van der Waals surface area contributed by atoms with Crippen molar-refractivity contribution >= 4 is 11.8 Å². The first-order valence-corrected chi connectivity index (χ1v) is 11.2. The average molecular weight is 404 g/mol. The van der Waals surface area contributed by atoms with Gasteiger partial charge in [-0.05, 0) is 56.6 Å². The van der Waals surface area contributed by atoms with E-state index in [1.165, 1.54) is 12.7 Å². The zero-order chi connectivity index (χ0) is 20.6. The van der Waals surface area contributed by atoms with E-state index in [4.69, 9.17) is 9.47 Å². The summed E-state index contributed by atoms with van der Waals surface area (Å²) in [6.45, 7) is 4.15. The fourth-order valence-corrected chi connectivity index (χ4v) is 7.82. The molecular formula is C23H33NO5. The van der Waals surface area contributed by atoms with Crippen molar-refractivity contribution in [2.45, 2.75) is 57.7 Å². The van der Waals surface area contributed by atoms with Crippen LogP contribution in [0.15, 0.2) is 11.1 Å². The molecule has 6 heteroatoms. The number of hydrogen-bond donors (Lipinski definition) is 1. The molecule has 6 nitrogen and oxygen atoms in total. The van der Waals surface area contributed by atoms with Gasteiger partial charge in [0.2, 0.25) is 0 Å². The minimum atomic E-state index is -1.06. The third-order valence-corrected chi connectivity index (χ3v) is 9.16. The van der Waals surface area contributed by atoms with Crippen LogP contribution < -0.4 is 0 Å². The predicted octanol–water partition coefficient (Wildman–Crippen LogP) is 2.30. The lowest BCUT2D eigenvalue weighted by molar-refractivity contribution is -0.283. The molecule has 6 atom stereocenters. The number of methoxy groups -OCH3 is 1. The number of hydrogen-bond acceptors (Lipinski definition) is 6. The van der Waals surface area contributed by atoms with Gasteiger partial charge in [-0.2, -0.15) is 0 Å². The Morgan fingerprint density at radius 3 is 2.83 bits per heavy atom. The highest BCUT2D eigenvalue weighted by Gasteiger charge is 2.70. The van der Waals surface area contributed by atoms with Crippen LogP contribution in [0.25, 0.3) is 0 Å². The molecule has 2 heterocycles. The molecule has 0 aromatic rings. The summed E-state index contributed by atoms with van der Waals surface area (Å²) in [4.78, 5) is 28.4. The van der Waals surface area contributed by atoms with Gasteiger partial charge < -0.3 is 19.5 Å². The molecule has 0 aromatic carbocycles. The first kappa shape index (κ1) is 19.7.